The molecule has 0 saturated heterocycles. The summed E-state index contributed by atoms with van der Waals surface area (Å²) >= 11 is 0. The van der Waals surface area contributed by atoms with Crippen LogP contribution in [0.5, 0.6) is 0 Å². The molecule has 16 heavy (non-hydrogen) atoms. The van der Waals surface area contributed by atoms with Crippen molar-refractivity contribution in [3.05, 3.63) is 66.2 Å². The minimum atomic E-state index is -0.475. The van der Waals surface area contributed by atoms with Gasteiger partial charge in [-0.3, -0.25) is 19.6 Å². The van der Waals surface area contributed by atoms with Crippen LogP contribution in [0.2, 0.25) is 0 Å². The first kappa shape index (κ1) is 11.4. The van der Waals surface area contributed by atoms with Crippen molar-refractivity contribution in [3.8, 4) is 0 Å². The smallest absolute Gasteiger partial charge is 0.314 e. The Morgan fingerprint density at radius 1 is 0.688 bits per heavy atom. The van der Waals surface area contributed by atoms with Crippen LogP contribution in [0.15, 0.2) is 43.7 Å². The molecule has 0 bridgehead atoms. The van der Waals surface area contributed by atoms with Gasteiger partial charge in [0.25, 0.3) is 11.1 Å². The summed E-state index contributed by atoms with van der Waals surface area (Å²) in [6.07, 6.45) is 2.59. The Bertz CT molecular complexity index is 552. The monoisotopic (exact) mass is 226 g/mol. The van der Waals surface area contributed by atoms with Crippen LogP contribution in [-0.4, -0.2) is 19.9 Å². The van der Waals surface area contributed by atoms with Crippen LogP contribution in [0.3, 0.4) is 0 Å². The molecule has 2 aromatic rings. The second kappa shape index (κ2) is 5.29. The van der Waals surface area contributed by atoms with Gasteiger partial charge in [-0.15, -0.1) is 0 Å². The fraction of sp³-hybridized carbons (Fsp3) is 0. The maximum Gasteiger partial charge on any atom is 0.325 e. The van der Waals surface area contributed by atoms with Crippen molar-refractivity contribution >= 4 is 0 Å². The summed E-state index contributed by atoms with van der Waals surface area (Å²) in [4.78, 5) is 49.3. The standard InChI is InChI=1S/2C4H4N2O2/c2*7-3-1-2-5-4(8)6-3/h2*1-2H,(H2,5,6,7,8)/i2*4+1. The highest BCUT2D eigenvalue weighted by Crippen LogP contribution is 1.51. The molecule has 2 rings (SSSR count). The van der Waals surface area contributed by atoms with Gasteiger partial charge < -0.3 is 9.97 Å². The van der Waals surface area contributed by atoms with E-state index in [9.17, 15) is 19.2 Å². The maximum atomic E-state index is 10.2. The molecule has 0 radical (unpaired) electrons. The molecule has 2 aromatic heterocycles. The summed E-state index contributed by atoms with van der Waals surface area (Å²) in [7, 11) is 0. The summed E-state index contributed by atoms with van der Waals surface area (Å²) in [5, 5.41) is 0. The van der Waals surface area contributed by atoms with Crippen LogP contribution < -0.4 is 22.5 Å². The third-order valence-electron chi connectivity index (χ3n) is 1.37. The van der Waals surface area contributed by atoms with Crippen LogP contribution in [0.4, 0.5) is 0 Å². The summed E-state index contributed by atoms with van der Waals surface area (Å²) < 4.78 is 0. The molecule has 0 atom stereocenters. The fourth-order valence-corrected chi connectivity index (χ4v) is 0.765. The number of H-pyrrole nitrogens is 4. The minimum Gasteiger partial charge on any atom is -0.314 e. The first-order valence-electron chi connectivity index (χ1n) is 4.14. The number of nitrogens with one attached hydrogen (secondary N) is 4. The molecule has 0 amide bonds. The number of hydrogen-bond acceptors (Lipinski definition) is 4. The molecule has 0 saturated carbocycles. The van der Waals surface area contributed by atoms with Gasteiger partial charge in [0, 0.05) is 24.5 Å². The van der Waals surface area contributed by atoms with Gasteiger partial charge in [-0.1, -0.05) is 0 Å². The van der Waals surface area contributed by atoms with Gasteiger partial charge in [0.15, 0.2) is 0 Å². The third-order valence-corrected chi connectivity index (χ3v) is 1.37. The van der Waals surface area contributed by atoms with E-state index in [2.05, 4.69) is 9.97 Å². The van der Waals surface area contributed by atoms with Gasteiger partial charge in [-0.25, -0.2) is 9.59 Å². The third kappa shape index (κ3) is 4.05. The molecule has 84 valence electrons. The van der Waals surface area contributed by atoms with E-state index >= 15 is 0 Å². The Labute approximate surface area is 87.0 Å². The lowest BCUT2D eigenvalue weighted by Gasteiger charge is -1.75. The molecule has 0 aliphatic carbocycles. The van der Waals surface area contributed by atoms with Gasteiger partial charge in [0.1, 0.15) is 0 Å². The lowest BCUT2D eigenvalue weighted by Crippen LogP contribution is -2.19. The number of aromatic nitrogens is 4. The van der Waals surface area contributed by atoms with Crippen LogP contribution >= 0.6 is 0 Å². The summed E-state index contributed by atoms with van der Waals surface area (Å²) in [6.45, 7) is 0. The van der Waals surface area contributed by atoms with E-state index in [1.54, 1.807) is 0 Å². The van der Waals surface area contributed by atoms with Crippen LogP contribution in [0.1, 0.15) is 0 Å². The SMILES string of the molecule is O=c1cc[nH][13c](=O)[nH]1.O=c1cc[nH][13c](=O)[nH]1. The average Bonchev–Trinajstić information content (AvgIpc) is 2.17. The number of rotatable bonds is 0. The zero-order chi connectivity index (χ0) is 12.0. The highest BCUT2D eigenvalue weighted by atomic mass is 16.2. The van der Waals surface area contributed by atoms with Crippen molar-refractivity contribution in [1.29, 1.82) is 0 Å². The lowest BCUT2D eigenvalue weighted by molar-refractivity contribution is 1.04. The summed E-state index contributed by atoms with van der Waals surface area (Å²) in [5.41, 5.74) is -1.71. The van der Waals surface area contributed by atoms with Crippen molar-refractivity contribution in [3.63, 3.8) is 0 Å². The number of aromatic amines is 4. The Kier molecular flexibility index (Phi) is 3.78. The van der Waals surface area contributed by atoms with Crippen molar-refractivity contribution in [2.24, 2.45) is 0 Å². The fourth-order valence-electron chi connectivity index (χ4n) is 0.765. The quantitative estimate of drug-likeness (QED) is 0.418. The summed E-state index contributed by atoms with van der Waals surface area (Å²) in [6, 6.07) is 2.48. The highest BCUT2D eigenvalue weighted by molar-refractivity contribution is 4.78. The Morgan fingerprint density at radius 3 is 1.25 bits per heavy atom. The predicted molar refractivity (Wildman–Crippen MR) is 55.4 cm³/mol. The first-order chi connectivity index (χ1) is 7.58. The average molecular weight is 226 g/mol. The first-order valence-corrected chi connectivity index (χ1v) is 4.14. The molecular weight excluding hydrogens is 218 g/mol. The molecule has 8 heteroatoms. The van der Waals surface area contributed by atoms with Crippen LogP contribution in [-0.2, 0) is 0 Å². The molecule has 4 N–H and O–H groups in total. The van der Waals surface area contributed by atoms with Gasteiger partial charge in [-0.05, 0) is 0 Å². The normalized spacial score (nSPS) is 9.00. The zero-order valence-electron chi connectivity index (χ0n) is 7.94. The molecule has 0 unspecified atom stereocenters. The topological polar surface area (TPSA) is 131 Å². The van der Waals surface area contributed by atoms with E-state index in [0.717, 1.165) is 0 Å². The largest absolute Gasteiger partial charge is 0.325 e. The van der Waals surface area contributed by atoms with Gasteiger partial charge in [0.2, 0.25) is 0 Å². The highest BCUT2D eigenvalue weighted by Gasteiger charge is 1.78. The molecule has 0 spiro atoms. The van der Waals surface area contributed by atoms with Gasteiger partial charge in [0.05, 0.1) is 0 Å². The second-order valence-electron chi connectivity index (χ2n) is 2.59. The van der Waals surface area contributed by atoms with Gasteiger partial charge in [-0.2, -0.15) is 0 Å². The van der Waals surface area contributed by atoms with E-state index in [0.29, 0.717) is 0 Å². The van der Waals surface area contributed by atoms with E-state index in [4.69, 9.17) is 0 Å². The molecule has 2 heterocycles. The Hall–Kier alpha value is -2.64. The van der Waals surface area contributed by atoms with E-state index in [1.165, 1.54) is 24.5 Å². The van der Waals surface area contributed by atoms with E-state index in [-0.39, 0.29) is 11.1 Å². The lowest BCUT2D eigenvalue weighted by atomic mass is 10.7. The maximum absolute atomic E-state index is 10.2. The van der Waals surface area contributed by atoms with Crippen molar-refractivity contribution in [2.45, 2.75) is 0 Å². The molecule has 0 aliphatic heterocycles. The van der Waals surface area contributed by atoms with Gasteiger partial charge >= 0.3 is 11.4 Å². The predicted octanol–water partition coefficient (Wildman–Crippen LogP) is -1.87. The Morgan fingerprint density at radius 2 is 1.06 bits per heavy atom. The number of hydrogen-bond donors (Lipinski definition) is 4. The molecule has 0 aliphatic rings. The van der Waals surface area contributed by atoms with E-state index < -0.39 is 11.4 Å². The van der Waals surface area contributed by atoms with Crippen molar-refractivity contribution in [1.82, 2.24) is 19.9 Å². The Balaban J connectivity index is 0.000000160. The van der Waals surface area contributed by atoms with Crippen molar-refractivity contribution in [2.75, 3.05) is 0 Å². The van der Waals surface area contributed by atoms with Crippen LogP contribution in [0, 0.1) is 0 Å². The molecule has 0 aromatic carbocycles. The van der Waals surface area contributed by atoms with Crippen LogP contribution in [0.25, 0.3) is 0 Å². The molecular formula is C8H8N4O4. The summed E-state index contributed by atoms with van der Waals surface area (Å²) in [5.74, 6) is 0. The second-order valence-corrected chi connectivity index (χ2v) is 2.59. The molecule has 0 fully saturated rings. The zero-order valence-corrected chi connectivity index (χ0v) is 7.94. The van der Waals surface area contributed by atoms with E-state index in [1.807, 2.05) is 9.97 Å². The molecule has 8 nitrogen and oxygen atoms in total. The minimum absolute atomic E-state index is 0.381. The van der Waals surface area contributed by atoms with Crippen molar-refractivity contribution < 1.29 is 0 Å².